The Morgan fingerprint density at radius 2 is 1.88 bits per heavy atom. The average molecular weight is 460 g/mol. The van der Waals surface area contributed by atoms with Crippen molar-refractivity contribution in [2.24, 2.45) is 11.8 Å². The zero-order valence-electron chi connectivity index (χ0n) is 18.2. The number of nitrogens with zero attached hydrogens (tertiary/aromatic N) is 7. The van der Waals surface area contributed by atoms with Gasteiger partial charge in [0.1, 0.15) is 18.0 Å². The number of aromatic nitrogens is 6. The Kier molecular flexibility index (Phi) is 5.17. The van der Waals surface area contributed by atoms with Crippen molar-refractivity contribution < 1.29 is 18.0 Å². The first kappa shape index (κ1) is 21.5. The molecule has 174 valence electrons. The van der Waals surface area contributed by atoms with E-state index in [1.807, 2.05) is 11.5 Å². The van der Waals surface area contributed by atoms with Gasteiger partial charge in [0.05, 0.1) is 17.5 Å². The van der Waals surface area contributed by atoms with Crippen LogP contribution in [0.2, 0.25) is 0 Å². The molecule has 12 heteroatoms. The van der Waals surface area contributed by atoms with Gasteiger partial charge in [0.2, 0.25) is 5.91 Å². The average Bonchev–Trinajstić information content (AvgIpc) is 3.42. The van der Waals surface area contributed by atoms with Gasteiger partial charge in [-0.1, -0.05) is 0 Å². The SMILES string of the molecule is CCn1c(-c2cnc(C)nc2)nc2c(NC3CN(C(=O)C4CC4)CC3C(F)(F)F)ncnc21. The molecule has 1 saturated heterocycles. The van der Waals surface area contributed by atoms with Gasteiger partial charge >= 0.3 is 6.18 Å². The van der Waals surface area contributed by atoms with Crippen LogP contribution in [-0.4, -0.2) is 65.6 Å². The number of hydrogen-bond acceptors (Lipinski definition) is 7. The summed E-state index contributed by atoms with van der Waals surface area (Å²) in [6.07, 6.45) is 1.64. The van der Waals surface area contributed by atoms with Crippen LogP contribution in [0, 0.1) is 18.8 Å². The summed E-state index contributed by atoms with van der Waals surface area (Å²) in [7, 11) is 0. The van der Waals surface area contributed by atoms with E-state index >= 15 is 0 Å². The van der Waals surface area contributed by atoms with E-state index in [0.717, 1.165) is 12.8 Å². The lowest BCUT2D eigenvalue weighted by molar-refractivity contribution is -0.172. The predicted molar refractivity (Wildman–Crippen MR) is 113 cm³/mol. The highest BCUT2D eigenvalue weighted by molar-refractivity contribution is 5.86. The summed E-state index contributed by atoms with van der Waals surface area (Å²) < 4.78 is 43.3. The maximum Gasteiger partial charge on any atom is 0.395 e. The van der Waals surface area contributed by atoms with Gasteiger partial charge in [-0.3, -0.25) is 4.79 Å². The van der Waals surface area contributed by atoms with E-state index in [2.05, 4.69) is 30.2 Å². The third-order valence-corrected chi connectivity index (χ3v) is 6.19. The minimum atomic E-state index is -4.45. The second-order valence-corrected chi connectivity index (χ2v) is 8.51. The summed E-state index contributed by atoms with van der Waals surface area (Å²) in [5, 5.41) is 2.94. The minimum Gasteiger partial charge on any atom is -0.363 e. The normalized spacial score (nSPS) is 21.1. The number of carbonyl (C=O) groups is 1. The molecule has 2 unspecified atom stereocenters. The highest BCUT2D eigenvalue weighted by Gasteiger charge is 2.52. The largest absolute Gasteiger partial charge is 0.395 e. The molecule has 2 fully saturated rings. The Morgan fingerprint density at radius 3 is 2.52 bits per heavy atom. The maximum absolute atomic E-state index is 13.8. The molecule has 0 aromatic carbocycles. The molecule has 5 rings (SSSR count). The van der Waals surface area contributed by atoms with Crippen molar-refractivity contribution in [2.75, 3.05) is 18.4 Å². The van der Waals surface area contributed by atoms with Crippen LogP contribution in [0.5, 0.6) is 0 Å². The Balaban J connectivity index is 1.50. The lowest BCUT2D eigenvalue weighted by Crippen LogP contribution is -2.38. The number of rotatable bonds is 5. The number of alkyl halides is 3. The van der Waals surface area contributed by atoms with Crippen molar-refractivity contribution in [1.29, 1.82) is 0 Å². The third-order valence-electron chi connectivity index (χ3n) is 6.19. The standard InChI is InChI=1S/C21H23F3N8O/c1-3-32-18(13-6-25-11(2)26-7-13)30-16-17(27-10-28-19(16)32)29-15-9-31(20(33)12-4-5-12)8-14(15)21(22,23)24/h6-7,10,12,14-15H,3-5,8-9H2,1-2H3,(H,27,28,29). The van der Waals surface area contributed by atoms with E-state index < -0.39 is 18.1 Å². The molecule has 3 aromatic rings. The number of carbonyl (C=O) groups excluding carboxylic acids is 1. The highest BCUT2D eigenvalue weighted by Crippen LogP contribution is 2.39. The van der Waals surface area contributed by atoms with Gasteiger partial charge < -0.3 is 14.8 Å². The van der Waals surface area contributed by atoms with E-state index in [1.54, 1.807) is 19.3 Å². The summed E-state index contributed by atoms with van der Waals surface area (Å²) in [5.74, 6) is -0.642. The summed E-state index contributed by atoms with van der Waals surface area (Å²) in [4.78, 5) is 35.3. The highest BCUT2D eigenvalue weighted by atomic mass is 19.4. The van der Waals surface area contributed by atoms with Crippen molar-refractivity contribution in [3.63, 3.8) is 0 Å². The van der Waals surface area contributed by atoms with Crippen LogP contribution in [0.3, 0.4) is 0 Å². The van der Waals surface area contributed by atoms with Crippen molar-refractivity contribution in [3.05, 3.63) is 24.5 Å². The van der Waals surface area contributed by atoms with Crippen molar-refractivity contribution in [2.45, 2.75) is 45.5 Å². The smallest absolute Gasteiger partial charge is 0.363 e. The molecule has 33 heavy (non-hydrogen) atoms. The first-order valence-electron chi connectivity index (χ1n) is 10.9. The lowest BCUT2D eigenvalue weighted by Gasteiger charge is -2.22. The summed E-state index contributed by atoms with van der Waals surface area (Å²) in [6.45, 7) is 3.86. The molecule has 4 heterocycles. The fourth-order valence-electron chi connectivity index (χ4n) is 4.30. The minimum absolute atomic E-state index is 0.0296. The number of hydrogen-bond donors (Lipinski definition) is 1. The molecule has 1 aliphatic heterocycles. The van der Waals surface area contributed by atoms with E-state index in [0.29, 0.717) is 34.9 Å². The molecule has 0 spiro atoms. The zero-order chi connectivity index (χ0) is 23.3. The molecule has 9 nitrogen and oxygen atoms in total. The van der Waals surface area contributed by atoms with Gasteiger partial charge in [-0.15, -0.1) is 0 Å². The van der Waals surface area contributed by atoms with Crippen LogP contribution >= 0.6 is 0 Å². The van der Waals surface area contributed by atoms with Crippen molar-refractivity contribution in [3.8, 4) is 11.4 Å². The van der Waals surface area contributed by atoms with Crippen LogP contribution in [0.1, 0.15) is 25.6 Å². The molecule has 2 atom stereocenters. The molecule has 0 bridgehead atoms. The predicted octanol–water partition coefficient (Wildman–Crippen LogP) is 2.82. The third kappa shape index (κ3) is 3.98. The zero-order valence-corrected chi connectivity index (χ0v) is 18.2. The number of amides is 1. The van der Waals surface area contributed by atoms with E-state index in [-0.39, 0.29) is 30.7 Å². The first-order valence-corrected chi connectivity index (χ1v) is 10.9. The number of anilines is 1. The molecule has 0 radical (unpaired) electrons. The summed E-state index contributed by atoms with van der Waals surface area (Å²) in [5.41, 5.74) is 1.53. The molecule has 1 N–H and O–H groups in total. The number of aryl methyl sites for hydroxylation is 2. The van der Waals surface area contributed by atoms with E-state index in [1.165, 1.54) is 11.2 Å². The molecule has 3 aromatic heterocycles. The van der Waals surface area contributed by atoms with Gasteiger partial charge in [0.25, 0.3) is 0 Å². The molecule has 1 aliphatic carbocycles. The van der Waals surface area contributed by atoms with Gasteiger partial charge in [0.15, 0.2) is 17.0 Å². The summed E-state index contributed by atoms with van der Waals surface area (Å²) in [6, 6.07) is -1.02. The van der Waals surface area contributed by atoms with Crippen LogP contribution in [-0.2, 0) is 11.3 Å². The van der Waals surface area contributed by atoms with Crippen LogP contribution in [0.15, 0.2) is 18.7 Å². The fraction of sp³-hybridized carbons (Fsp3) is 0.524. The van der Waals surface area contributed by atoms with E-state index in [9.17, 15) is 18.0 Å². The number of likely N-dealkylation sites (tertiary alicyclic amines) is 1. The molecule has 1 amide bonds. The second-order valence-electron chi connectivity index (χ2n) is 8.51. The van der Waals surface area contributed by atoms with Gasteiger partial charge in [0, 0.05) is 37.9 Å². The Hall–Kier alpha value is -3.31. The lowest BCUT2D eigenvalue weighted by atomic mass is 10.0. The topological polar surface area (TPSA) is 102 Å². The monoisotopic (exact) mass is 460 g/mol. The Bertz CT molecular complexity index is 1190. The van der Waals surface area contributed by atoms with Crippen LogP contribution in [0.4, 0.5) is 19.0 Å². The summed E-state index contributed by atoms with van der Waals surface area (Å²) >= 11 is 0. The number of imidazole rings is 1. The van der Waals surface area contributed by atoms with Crippen LogP contribution in [0.25, 0.3) is 22.6 Å². The molecule has 2 aliphatic rings. The van der Waals surface area contributed by atoms with Crippen molar-refractivity contribution >= 4 is 22.9 Å². The second kappa shape index (κ2) is 7.92. The van der Waals surface area contributed by atoms with Crippen LogP contribution < -0.4 is 5.32 Å². The quantitative estimate of drug-likeness (QED) is 0.625. The first-order chi connectivity index (χ1) is 15.8. The Morgan fingerprint density at radius 1 is 1.15 bits per heavy atom. The molecular weight excluding hydrogens is 437 g/mol. The maximum atomic E-state index is 13.8. The molecule has 1 saturated carbocycles. The van der Waals surface area contributed by atoms with Crippen molar-refractivity contribution in [1.82, 2.24) is 34.4 Å². The van der Waals surface area contributed by atoms with Gasteiger partial charge in [-0.25, -0.2) is 24.9 Å². The number of fused-ring (bicyclic) bond motifs is 1. The van der Waals surface area contributed by atoms with Gasteiger partial charge in [-0.05, 0) is 26.7 Å². The van der Waals surface area contributed by atoms with Gasteiger partial charge in [-0.2, -0.15) is 13.2 Å². The number of nitrogens with one attached hydrogen (secondary N) is 1. The fourth-order valence-corrected chi connectivity index (χ4v) is 4.30. The Labute approximate surface area is 187 Å². The number of halogens is 3. The molecular formula is C21H23F3N8O. The van der Waals surface area contributed by atoms with E-state index in [4.69, 9.17) is 0 Å².